The summed E-state index contributed by atoms with van der Waals surface area (Å²) in [6.07, 6.45) is 4.26. The third-order valence-electron chi connectivity index (χ3n) is 4.06. The number of hydrogen-bond acceptors (Lipinski definition) is 5. The first kappa shape index (κ1) is 18.5. The molecule has 0 saturated heterocycles. The van der Waals surface area contributed by atoms with Gasteiger partial charge < -0.3 is 10.1 Å². The third kappa shape index (κ3) is 4.90. The molecule has 0 bridgehead atoms. The van der Waals surface area contributed by atoms with Gasteiger partial charge in [0.25, 0.3) is 0 Å². The summed E-state index contributed by atoms with van der Waals surface area (Å²) in [7, 11) is 0. The van der Waals surface area contributed by atoms with E-state index in [1.807, 2.05) is 24.3 Å². The van der Waals surface area contributed by atoms with Crippen LogP contribution in [0.25, 0.3) is 11.4 Å². The predicted octanol–water partition coefficient (Wildman–Crippen LogP) is 5.22. The van der Waals surface area contributed by atoms with Crippen molar-refractivity contribution in [3.8, 4) is 22.9 Å². The molecule has 0 spiro atoms. The Hall–Kier alpha value is -3.87. The molecule has 0 aliphatic rings. The van der Waals surface area contributed by atoms with E-state index in [2.05, 4.69) is 20.3 Å². The summed E-state index contributed by atoms with van der Waals surface area (Å²) >= 11 is 0. The van der Waals surface area contributed by atoms with E-state index in [-0.39, 0.29) is 5.82 Å². The van der Waals surface area contributed by atoms with Crippen molar-refractivity contribution in [1.29, 1.82) is 0 Å². The molecule has 7 heteroatoms. The van der Waals surface area contributed by atoms with Crippen LogP contribution >= 0.6 is 0 Å². The molecule has 4 rings (SSSR count). The number of nitrogens with one attached hydrogen (secondary N) is 1. The summed E-state index contributed by atoms with van der Waals surface area (Å²) in [5.41, 5.74) is 1.53. The molecule has 2 aromatic carbocycles. The molecule has 0 radical (unpaired) electrons. The maximum atomic E-state index is 13.4. The highest BCUT2D eigenvalue weighted by Gasteiger charge is 2.05. The van der Waals surface area contributed by atoms with Crippen molar-refractivity contribution in [2.24, 2.45) is 0 Å². The van der Waals surface area contributed by atoms with Gasteiger partial charge in [0.05, 0.1) is 6.20 Å². The Bertz CT molecular complexity index is 1100. The van der Waals surface area contributed by atoms with Crippen LogP contribution in [-0.4, -0.2) is 15.0 Å². The second-order valence-corrected chi connectivity index (χ2v) is 6.21. The van der Waals surface area contributed by atoms with E-state index in [0.717, 1.165) is 11.8 Å². The number of pyridine rings is 1. The summed E-state index contributed by atoms with van der Waals surface area (Å²) in [5.74, 6) is 1.49. The Kier molecular flexibility index (Phi) is 5.38. The van der Waals surface area contributed by atoms with Crippen LogP contribution in [0.1, 0.15) is 5.56 Å². The molecule has 29 heavy (non-hydrogen) atoms. The van der Waals surface area contributed by atoms with Crippen LogP contribution in [-0.2, 0) is 6.54 Å². The van der Waals surface area contributed by atoms with E-state index < -0.39 is 5.82 Å². The number of ether oxygens (including phenoxy) is 1. The first-order chi connectivity index (χ1) is 14.2. The number of hydrogen-bond donors (Lipinski definition) is 1. The Morgan fingerprint density at radius 1 is 0.828 bits per heavy atom. The van der Waals surface area contributed by atoms with Crippen molar-refractivity contribution in [2.45, 2.75) is 6.54 Å². The highest BCUT2D eigenvalue weighted by Crippen LogP contribution is 2.22. The standard InChI is InChI=1S/C22H16F2N4O/c23-17-3-7-20(8-4-17)29-19-5-1-15(2-6-19)12-27-21-9-10-26-22(28-21)16-11-18(24)14-25-13-16/h1-11,13-14H,12H2,(H,26,27,28). The molecule has 0 fully saturated rings. The van der Waals surface area contributed by atoms with Crippen molar-refractivity contribution < 1.29 is 13.5 Å². The van der Waals surface area contributed by atoms with E-state index in [4.69, 9.17) is 4.74 Å². The number of anilines is 1. The fourth-order valence-electron chi connectivity index (χ4n) is 2.64. The number of rotatable bonds is 6. The largest absolute Gasteiger partial charge is 0.457 e. The van der Waals surface area contributed by atoms with Crippen LogP contribution in [0.15, 0.2) is 79.3 Å². The Labute approximate surface area is 166 Å². The molecule has 0 amide bonds. The first-order valence-corrected chi connectivity index (χ1v) is 8.86. The van der Waals surface area contributed by atoms with Crippen molar-refractivity contribution in [2.75, 3.05) is 5.32 Å². The molecule has 0 unspecified atom stereocenters. The molecule has 2 heterocycles. The molecule has 0 aliphatic carbocycles. The van der Waals surface area contributed by atoms with Gasteiger partial charge in [0, 0.05) is 24.5 Å². The normalized spacial score (nSPS) is 10.6. The van der Waals surface area contributed by atoms with Crippen LogP contribution in [0.4, 0.5) is 14.6 Å². The molecular weight excluding hydrogens is 374 g/mol. The van der Waals surface area contributed by atoms with Gasteiger partial charge in [0.2, 0.25) is 0 Å². The fourth-order valence-corrected chi connectivity index (χ4v) is 2.64. The molecule has 0 aliphatic heterocycles. The summed E-state index contributed by atoms with van der Waals surface area (Å²) in [6.45, 7) is 0.536. The number of nitrogens with zero attached hydrogens (tertiary/aromatic N) is 3. The van der Waals surface area contributed by atoms with Crippen LogP contribution < -0.4 is 10.1 Å². The van der Waals surface area contributed by atoms with Gasteiger partial charge in [-0.2, -0.15) is 0 Å². The maximum Gasteiger partial charge on any atom is 0.163 e. The zero-order chi connectivity index (χ0) is 20.1. The minimum atomic E-state index is -0.438. The second-order valence-electron chi connectivity index (χ2n) is 6.21. The van der Waals surface area contributed by atoms with Gasteiger partial charge >= 0.3 is 0 Å². The summed E-state index contributed by atoms with van der Waals surface area (Å²) in [5, 5.41) is 3.21. The maximum absolute atomic E-state index is 13.4. The van der Waals surface area contributed by atoms with Crippen molar-refractivity contribution in [1.82, 2.24) is 15.0 Å². The van der Waals surface area contributed by atoms with Crippen LogP contribution in [0.5, 0.6) is 11.5 Å². The van der Waals surface area contributed by atoms with E-state index in [1.165, 1.54) is 24.4 Å². The lowest BCUT2D eigenvalue weighted by Gasteiger charge is -2.09. The van der Waals surface area contributed by atoms with Gasteiger partial charge in [-0.1, -0.05) is 12.1 Å². The lowest BCUT2D eigenvalue weighted by Crippen LogP contribution is -2.03. The monoisotopic (exact) mass is 390 g/mol. The highest BCUT2D eigenvalue weighted by atomic mass is 19.1. The zero-order valence-corrected chi connectivity index (χ0v) is 15.2. The minimum Gasteiger partial charge on any atom is -0.457 e. The molecule has 2 aromatic heterocycles. The lowest BCUT2D eigenvalue weighted by molar-refractivity contribution is 0.480. The van der Waals surface area contributed by atoms with E-state index >= 15 is 0 Å². The Balaban J connectivity index is 1.39. The smallest absolute Gasteiger partial charge is 0.163 e. The van der Waals surface area contributed by atoms with Crippen molar-refractivity contribution in [3.63, 3.8) is 0 Å². The van der Waals surface area contributed by atoms with Crippen molar-refractivity contribution >= 4 is 5.82 Å². The molecule has 144 valence electrons. The van der Waals surface area contributed by atoms with E-state index in [1.54, 1.807) is 24.4 Å². The lowest BCUT2D eigenvalue weighted by atomic mass is 10.2. The number of aromatic nitrogens is 3. The van der Waals surface area contributed by atoms with Gasteiger partial charge in [-0.15, -0.1) is 0 Å². The van der Waals surface area contributed by atoms with E-state index in [0.29, 0.717) is 35.2 Å². The fraction of sp³-hybridized carbons (Fsp3) is 0.0455. The van der Waals surface area contributed by atoms with Gasteiger partial charge in [-0.3, -0.25) is 4.98 Å². The average Bonchev–Trinajstić information content (AvgIpc) is 2.75. The predicted molar refractivity (Wildman–Crippen MR) is 105 cm³/mol. The first-order valence-electron chi connectivity index (χ1n) is 8.86. The quantitative estimate of drug-likeness (QED) is 0.489. The van der Waals surface area contributed by atoms with Gasteiger partial charge in [0.15, 0.2) is 5.82 Å². The summed E-state index contributed by atoms with van der Waals surface area (Å²) in [6, 6.07) is 16.4. The zero-order valence-electron chi connectivity index (χ0n) is 15.2. The molecule has 0 saturated carbocycles. The highest BCUT2D eigenvalue weighted by molar-refractivity contribution is 5.55. The average molecular weight is 390 g/mol. The third-order valence-corrected chi connectivity index (χ3v) is 4.06. The van der Waals surface area contributed by atoms with Gasteiger partial charge in [-0.05, 0) is 54.1 Å². The second kappa shape index (κ2) is 8.43. The summed E-state index contributed by atoms with van der Waals surface area (Å²) in [4.78, 5) is 12.4. The topological polar surface area (TPSA) is 59.9 Å². The van der Waals surface area contributed by atoms with Crippen molar-refractivity contribution in [3.05, 3.63) is 96.5 Å². The van der Waals surface area contributed by atoms with Gasteiger partial charge in [0.1, 0.15) is 29.0 Å². The number of benzene rings is 2. The summed E-state index contributed by atoms with van der Waals surface area (Å²) < 4.78 is 32.0. The Morgan fingerprint density at radius 3 is 2.28 bits per heavy atom. The number of halogens is 2. The molecule has 1 N–H and O–H groups in total. The Morgan fingerprint density at radius 2 is 1.55 bits per heavy atom. The molecule has 4 aromatic rings. The van der Waals surface area contributed by atoms with Crippen LogP contribution in [0.3, 0.4) is 0 Å². The van der Waals surface area contributed by atoms with Crippen LogP contribution in [0.2, 0.25) is 0 Å². The SMILES string of the molecule is Fc1ccc(Oc2ccc(CNc3ccnc(-c4cncc(F)c4)n3)cc2)cc1. The van der Waals surface area contributed by atoms with Gasteiger partial charge in [-0.25, -0.2) is 18.7 Å². The molecule has 0 atom stereocenters. The van der Waals surface area contributed by atoms with Crippen LogP contribution in [0, 0.1) is 11.6 Å². The molecule has 5 nitrogen and oxygen atoms in total. The molecular formula is C22H16F2N4O. The minimum absolute atomic E-state index is 0.305. The van der Waals surface area contributed by atoms with E-state index in [9.17, 15) is 8.78 Å².